The summed E-state index contributed by atoms with van der Waals surface area (Å²) < 4.78 is 4.96. The lowest BCUT2D eigenvalue weighted by atomic mass is 10.0. The molecule has 4 heteroatoms. The van der Waals surface area contributed by atoms with E-state index in [-0.39, 0.29) is 0 Å². The van der Waals surface area contributed by atoms with Crippen LogP contribution >= 0.6 is 0 Å². The third-order valence-electron chi connectivity index (χ3n) is 3.44. The molecule has 4 nitrogen and oxygen atoms in total. The molecule has 1 aromatic heterocycles. The molecule has 90 valence electrons. The van der Waals surface area contributed by atoms with Crippen molar-refractivity contribution in [1.82, 2.24) is 15.5 Å². The maximum Gasteiger partial charge on any atom is 0.227 e. The van der Waals surface area contributed by atoms with Crippen molar-refractivity contribution in [1.29, 1.82) is 0 Å². The number of hydrogen-bond acceptors (Lipinski definition) is 4. The minimum absolute atomic E-state index is 0.688. The van der Waals surface area contributed by atoms with Gasteiger partial charge in [0.15, 0.2) is 6.33 Å². The number of hydrogen-bond donors (Lipinski definition) is 1. The Labute approximate surface area is 96.8 Å². The molecule has 1 N–H and O–H groups in total. The lowest BCUT2D eigenvalue weighted by molar-refractivity contribution is 0.367. The number of nitrogens with zero attached hydrogens (tertiary/aromatic N) is 2. The molecule has 1 saturated carbocycles. The molecule has 1 aliphatic rings. The van der Waals surface area contributed by atoms with Gasteiger partial charge in [0, 0.05) is 19.0 Å². The second-order valence-electron chi connectivity index (χ2n) is 4.85. The zero-order chi connectivity index (χ0) is 11.2. The highest BCUT2D eigenvalue weighted by Gasteiger charge is 2.15. The van der Waals surface area contributed by atoms with Crippen LogP contribution in [0.3, 0.4) is 0 Å². The van der Waals surface area contributed by atoms with Crippen LogP contribution in [0, 0.1) is 5.92 Å². The molecule has 0 amide bonds. The summed E-state index contributed by atoms with van der Waals surface area (Å²) in [6.07, 6.45) is 9.04. The molecule has 0 radical (unpaired) electrons. The molecule has 2 unspecified atom stereocenters. The van der Waals surface area contributed by atoms with Crippen LogP contribution in [0.1, 0.15) is 44.9 Å². The van der Waals surface area contributed by atoms with Crippen molar-refractivity contribution in [3.8, 4) is 0 Å². The Morgan fingerprint density at radius 1 is 1.38 bits per heavy atom. The quantitative estimate of drug-likeness (QED) is 0.795. The van der Waals surface area contributed by atoms with Gasteiger partial charge in [-0.1, -0.05) is 24.9 Å². The van der Waals surface area contributed by atoms with Crippen molar-refractivity contribution < 1.29 is 4.52 Å². The fraction of sp³-hybridized carbons (Fsp3) is 0.833. The average molecular weight is 223 g/mol. The van der Waals surface area contributed by atoms with Crippen molar-refractivity contribution in [3.05, 3.63) is 12.2 Å². The van der Waals surface area contributed by atoms with Crippen LogP contribution in [0.25, 0.3) is 0 Å². The van der Waals surface area contributed by atoms with Crippen LogP contribution in [0.4, 0.5) is 0 Å². The van der Waals surface area contributed by atoms with Crippen molar-refractivity contribution in [2.75, 3.05) is 6.54 Å². The largest absolute Gasteiger partial charge is 0.340 e. The van der Waals surface area contributed by atoms with Gasteiger partial charge in [-0.3, -0.25) is 0 Å². The van der Waals surface area contributed by atoms with Gasteiger partial charge in [-0.25, -0.2) is 0 Å². The lowest BCUT2D eigenvalue weighted by Crippen LogP contribution is -2.30. The van der Waals surface area contributed by atoms with Crippen LogP contribution in [-0.4, -0.2) is 22.7 Å². The van der Waals surface area contributed by atoms with Gasteiger partial charge in [0.2, 0.25) is 5.89 Å². The van der Waals surface area contributed by atoms with E-state index in [0.29, 0.717) is 6.04 Å². The molecular formula is C12H21N3O. The van der Waals surface area contributed by atoms with E-state index in [1.165, 1.54) is 38.4 Å². The van der Waals surface area contributed by atoms with Gasteiger partial charge in [-0.2, -0.15) is 4.98 Å². The van der Waals surface area contributed by atoms with Crippen molar-refractivity contribution in [3.63, 3.8) is 0 Å². The summed E-state index contributed by atoms with van der Waals surface area (Å²) in [7, 11) is 0. The first-order chi connectivity index (χ1) is 7.84. The molecule has 16 heavy (non-hydrogen) atoms. The highest BCUT2D eigenvalue weighted by atomic mass is 16.5. The predicted octanol–water partition coefficient (Wildman–Crippen LogP) is 2.17. The molecule has 1 heterocycles. The molecular weight excluding hydrogens is 202 g/mol. The van der Waals surface area contributed by atoms with Crippen LogP contribution < -0.4 is 5.32 Å². The molecule has 2 atom stereocenters. The molecule has 0 spiro atoms. The molecule has 0 saturated heterocycles. The van der Waals surface area contributed by atoms with E-state index in [4.69, 9.17) is 4.52 Å². The zero-order valence-electron chi connectivity index (χ0n) is 9.98. The second kappa shape index (κ2) is 5.99. The molecule has 1 aromatic rings. The van der Waals surface area contributed by atoms with E-state index in [0.717, 1.165) is 24.8 Å². The Hall–Kier alpha value is -0.900. The smallest absolute Gasteiger partial charge is 0.227 e. The third kappa shape index (κ3) is 3.59. The molecule has 2 rings (SSSR count). The van der Waals surface area contributed by atoms with Crippen molar-refractivity contribution in [2.45, 2.75) is 51.5 Å². The number of nitrogens with one attached hydrogen (secondary N) is 1. The average Bonchev–Trinajstić information content (AvgIpc) is 2.70. The van der Waals surface area contributed by atoms with Gasteiger partial charge in [0.25, 0.3) is 0 Å². The van der Waals surface area contributed by atoms with E-state index in [2.05, 4.69) is 22.4 Å². The van der Waals surface area contributed by atoms with Crippen LogP contribution in [-0.2, 0) is 6.42 Å². The number of aromatic nitrogens is 2. The fourth-order valence-electron chi connectivity index (χ4n) is 2.38. The topological polar surface area (TPSA) is 51.0 Å². The van der Waals surface area contributed by atoms with Gasteiger partial charge in [-0.15, -0.1) is 0 Å². The Morgan fingerprint density at radius 3 is 3.12 bits per heavy atom. The van der Waals surface area contributed by atoms with Gasteiger partial charge < -0.3 is 9.84 Å². The van der Waals surface area contributed by atoms with E-state index in [1.807, 2.05) is 0 Å². The van der Waals surface area contributed by atoms with Gasteiger partial charge in [0.1, 0.15) is 0 Å². The summed E-state index contributed by atoms with van der Waals surface area (Å²) >= 11 is 0. The van der Waals surface area contributed by atoms with Gasteiger partial charge in [0.05, 0.1) is 0 Å². The fourth-order valence-corrected chi connectivity index (χ4v) is 2.38. The number of rotatable bonds is 4. The van der Waals surface area contributed by atoms with Crippen LogP contribution in [0.2, 0.25) is 0 Å². The minimum atomic E-state index is 0.688. The summed E-state index contributed by atoms with van der Waals surface area (Å²) in [6, 6.07) is 0.688. The SMILES string of the molecule is CC1CCCC(NCCc2ncno2)CC1. The van der Waals surface area contributed by atoms with E-state index in [1.54, 1.807) is 0 Å². The Kier molecular flexibility index (Phi) is 4.34. The maximum absolute atomic E-state index is 4.96. The Morgan fingerprint density at radius 2 is 2.31 bits per heavy atom. The Balaban J connectivity index is 1.65. The molecule has 1 aliphatic carbocycles. The summed E-state index contributed by atoms with van der Waals surface area (Å²) in [5.41, 5.74) is 0. The third-order valence-corrected chi connectivity index (χ3v) is 3.44. The van der Waals surface area contributed by atoms with E-state index < -0.39 is 0 Å². The zero-order valence-corrected chi connectivity index (χ0v) is 9.98. The normalized spacial score (nSPS) is 26.6. The van der Waals surface area contributed by atoms with Crippen LogP contribution in [0.15, 0.2) is 10.9 Å². The van der Waals surface area contributed by atoms with Gasteiger partial charge >= 0.3 is 0 Å². The molecule has 1 fully saturated rings. The first-order valence-corrected chi connectivity index (χ1v) is 6.33. The molecule has 0 aromatic carbocycles. The monoisotopic (exact) mass is 223 g/mol. The first-order valence-electron chi connectivity index (χ1n) is 6.33. The van der Waals surface area contributed by atoms with Gasteiger partial charge in [-0.05, 0) is 25.2 Å². The summed E-state index contributed by atoms with van der Waals surface area (Å²) in [5, 5.41) is 7.19. The Bertz CT molecular complexity index is 286. The maximum atomic E-state index is 4.96. The highest BCUT2D eigenvalue weighted by Crippen LogP contribution is 2.22. The van der Waals surface area contributed by atoms with Crippen LogP contribution in [0.5, 0.6) is 0 Å². The minimum Gasteiger partial charge on any atom is -0.340 e. The first kappa shape index (κ1) is 11.6. The van der Waals surface area contributed by atoms with Crippen molar-refractivity contribution >= 4 is 0 Å². The standard InChI is InChI=1S/C12H21N3O/c1-10-3-2-4-11(6-5-10)13-8-7-12-14-9-15-16-12/h9-11,13H,2-8H2,1H3. The molecule has 0 bridgehead atoms. The summed E-state index contributed by atoms with van der Waals surface area (Å²) in [4.78, 5) is 4.01. The summed E-state index contributed by atoms with van der Waals surface area (Å²) in [5.74, 6) is 1.64. The lowest BCUT2D eigenvalue weighted by Gasteiger charge is -2.15. The summed E-state index contributed by atoms with van der Waals surface area (Å²) in [6.45, 7) is 3.31. The highest BCUT2D eigenvalue weighted by molar-refractivity contribution is 4.78. The molecule has 0 aliphatic heterocycles. The second-order valence-corrected chi connectivity index (χ2v) is 4.85. The van der Waals surface area contributed by atoms with Crippen molar-refractivity contribution in [2.24, 2.45) is 5.92 Å². The van der Waals surface area contributed by atoms with E-state index in [9.17, 15) is 0 Å². The van der Waals surface area contributed by atoms with E-state index >= 15 is 0 Å². The predicted molar refractivity (Wildman–Crippen MR) is 62.0 cm³/mol.